The molecule has 3 aliphatic heterocycles. The fourth-order valence-electron chi connectivity index (χ4n) is 2.27. The van der Waals surface area contributed by atoms with Gasteiger partial charge in [0, 0.05) is 9.81 Å². The molecule has 0 aromatic heterocycles. The van der Waals surface area contributed by atoms with Crippen molar-refractivity contribution < 1.29 is 19.1 Å². The van der Waals surface area contributed by atoms with Crippen molar-refractivity contribution in [2.75, 3.05) is 26.7 Å². The molecule has 0 amide bonds. The third-order valence-electron chi connectivity index (χ3n) is 3.53. The minimum atomic E-state index is -0.495. The van der Waals surface area contributed by atoms with Crippen LogP contribution in [0.15, 0.2) is 36.6 Å². The van der Waals surface area contributed by atoms with Crippen molar-refractivity contribution in [3.63, 3.8) is 0 Å². The van der Waals surface area contributed by atoms with Crippen LogP contribution in [0.5, 0.6) is 0 Å². The zero-order valence-corrected chi connectivity index (χ0v) is 20.6. The number of ether oxygens (including phenoxy) is 2. The fraction of sp³-hybridized carbons (Fsp3) is 0.375. The second kappa shape index (κ2) is 9.90. The summed E-state index contributed by atoms with van der Waals surface area (Å²) in [6, 6.07) is 0. The number of carbonyl (C=O) groups is 2. The fourth-order valence-corrected chi connectivity index (χ4v) is 11.5. The van der Waals surface area contributed by atoms with Gasteiger partial charge in [-0.05, 0) is 25.4 Å². The number of methoxy groups -OCH3 is 2. The SMILES string of the molecule is COC(=O)C1=C(C(=O)OC)SC(=C2CCC(=C3SC(SC)=C(SC)S3)S2)S1. The van der Waals surface area contributed by atoms with Crippen molar-refractivity contribution in [2.24, 2.45) is 0 Å². The van der Waals surface area contributed by atoms with E-state index in [1.54, 1.807) is 35.3 Å². The third-order valence-corrected chi connectivity index (χ3v) is 13.3. The minimum Gasteiger partial charge on any atom is -0.465 e. The second-order valence-corrected chi connectivity index (χ2v) is 13.0. The van der Waals surface area contributed by atoms with Gasteiger partial charge < -0.3 is 9.47 Å². The number of hydrogen-bond acceptors (Lipinski definition) is 11. The van der Waals surface area contributed by atoms with Gasteiger partial charge in [0.15, 0.2) is 0 Å². The van der Waals surface area contributed by atoms with Crippen LogP contribution >= 0.6 is 82.3 Å². The van der Waals surface area contributed by atoms with Gasteiger partial charge in [-0.2, -0.15) is 0 Å². The van der Waals surface area contributed by atoms with Crippen LogP contribution in [0.3, 0.4) is 0 Å². The molecule has 1 saturated heterocycles. The molecule has 3 heterocycles. The van der Waals surface area contributed by atoms with Gasteiger partial charge >= 0.3 is 11.9 Å². The molecule has 0 aliphatic carbocycles. The van der Waals surface area contributed by atoms with Crippen molar-refractivity contribution in [2.45, 2.75) is 12.8 Å². The Balaban J connectivity index is 1.80. The van der Waals surface area contributed by atoms with E-state index in [9.17, 15) is 9.59 Å². The third kappa shape index (κ3) is 4.75. The van der Waals surface area contributed by atoms with Gasteiger partial charge in [-0.15, -0.1) is 23.5 Å². The molecule has 27 heavy (non-hydrogen) atoms. The number of esters is 2. The summed E-state index contributed by atoms with van der Waals surface area (Å²) in [7, 11) is 2.64. The lowest BCUT2D eigenvalue weighted by molar-refractivity contribution is -0.138. The monoisotopic (exact) mass is 496 g/mol. The summed E-state index contributed by atoms with van der Waals surface area (Å²) < 4.78 is 14.7. The predicted molar refractivity (Wildman–Crippen MR) is 126 cm³/mol. The van der Waals surface area contributed by atoms with E-state index in [4.69, 9.17) is 9.47 Å². The smallest absolute Gasteiger partial charge is 0.346 e. The standard InChI is InChI=1S/C16H16O4S7/c1-19-11(17)9-10(12(18)20-2)25-13(24-9)7-5-6-8(23-7)14-26-15(21-3)16(22-4)27-14/h5-6H2,1-4H3. The lowest BCUT2D eigenvalue weighted by Crippen LogP contribution is -2.08. The maximum atomic E-state index is 12.0. The average molecular weight is 497 g/mol. The predicted octanol–water partition coefficient (Wildman–Crippen LogP) is 6.22. The van der Waals surface area contributed by atoms with E-state index in [0.29, 0.717) is 9.81 Å². The average Bonchev–Trinajstić information content (AvgIpc) is 3.42. The molecule has 0 unspecified atom stereocenters. The first-order valence-corrected chi connectivity index (χ1v) is 14.1. The Morgan fingerprint density at radius 3 is 1.52 bits per heavy atom. The van der Waals surface area contributed by atoms with Crippen molar-refractivity contribution in [3.05, 3.63) is 36.6 Å². The molecular formula is C16H16O4S7. The Morgan fingerprint density at radius 2 is 1.15 bits per heavy atom. The molecule has 3 aliphatic rings. The molecule has 0 aromatic carbocycles. The first-order valence-electron chi connectivity index (χ1n) is 7.61. The summed E-state index contributed by atoms with van der Waals surface area (Å²) in [6.45, 7) is 0. The summed E-state index contributed by atoms with van der Waals surface area (Å²) >= 11 is 11.7. The van der Waals surface area contributed by atoms with Crippen LogP contribution in [0.1, 0.15) is 12.8 Å². The summed E-state index contributed by atoms with van der Waals surface area (Å²) in [5.41, 5.74) is 0. The molecule has 0 saturated carbocycles. The van der Waals surface area contributed by atoms with Crippen LogP contribution in [-0.2, 0) is 19.1 Å². The second-order valence-electron chi connectivity index (χ2n) is 5.06. The lowest BCUT2D eigenvalue weighted by atomic mass is 10.3. The Labute approximate surface area is 188 Å². The Kier molecular flexibility index (Phi) is 8.09. The zero-order chi connectivity index (χ0) is 19.6. The molecule has 0 aromatic rings. The van der Waals surface area contributed by atoms with Crippen LogP contribution in [0.2, 0.25) is 0 Å². The van der Waals surface area contributed by atoms with Crippen LogP contribution in [0.4, 0.5) is 0 Å². The van der Waals surface area contributed by atoms with Crippen molar-refractivity contribution >= 4 is 94.3 Å². The molecule has 0 radical (unpaired) electrons. The maximum Gasteiger partial charge on any atom is 0.346 e. The summed E-state index contributed by atoms with van der Waals surface area (Å²) in [4.78, 5) is 27.3. The minimum absolute atomic E-state index is 0.319. The number of carbonyl (C=O) groups excluding carboxylic acids is 2. The van der Waals surface area contributed by atoms with Gasteiger partial charge in [0.2, 0.25) is 0 Å². The molecule has 4 nitrogen and oxygen atoms in total. The number of allylic oxidation sites excluding steroid dienone is 2. The molecule has 0 spiro atoms. The Bertz CT molecular complexity index is 762. The van der Waals surface area contributed by atoms with Gasteiger partial charge in [0.1, 0.15) is 9.81 Å². The maximum absolute atomic E-state index is 12.0. The van der Waals surface area contributed by atoms with Crippen LogP contribution in [0.25, 0.3) is 0 Å². The molecule has 0 atom stereocenters. The Morgan fingerprint density at radius 1 is 0.741 bits per heavy atom. The Hall–Kier alpha value is 0.350. The molecule has 3 rings (SSSR count). The van der Waals surface area contributed by atoms with Crippen molar-refractivity contribution in [3.8, 4) is 0 Å². The topological polar surface area (TPSA) is 52.6 Å². The molecule has 146 valence electrons. The van der Waals surface area contributed by atoms with Gasteiger partial charge in [-0.3, -0.25) is 0 Å². The molecule has 0 bridgehead atoms. The van der Waals surface area contributed by atoms with E-state index in [1.165, 1.54) is 60.3 Å². The van der Waals surface area contributed by atoms with Gasteiger partial charge in [-0.25, -0.2) is 9.59 Å². The normalized spacial score (nSPS) is 20.3. The van der Waals surface area contributed by atoms with E-state index in [1.807, 2.05) is 23.5 Å². The highest BCUT2D eigenvalue weighted by atomic mass is 32.3. The van der Waals surface area contributed by atoms with Crippen LogP contribution in [0, 0.1) is 0 Å². The summed E-state index contributed by atoms with van der Waals surface area (Å²) in [5.74, 6) is -0.990. The zero-order valence-electron chi connectivity index (χ0n) is 14.9. The van der Waals surface area contributed by atoms with E-state index in [0.717, 1.165) is 17.1 Å². The lowest BCUT2D eigenvalue weighted by Gasteiger charge is -2.03. The van der Waals surface area contributed by atoms with E-state index in [2.05, 4.69) is 12.5 Å². The van der Waals surface area contributed by atoms with Gasteiger partial charge in [0.25, 0.3) is 0 Å². The molecular weight excluding hydrogens is 481 g/mol. The number of hydrogen-bond donors (Lipinski definition) is 0. The van der Waals surface area contributed by atoms with E-state index >= 15 is 0 Å². The molecule has 0 N–H and O–H groups in total. The van der Waals surface area contributed by atoms with Gasteiger partial charge in [-0.1, -0.05) is 58.8 Å². The first-order chi connectivity index (χ1) is 13.0. The molecule has 1 fully saturated rings. The highest BCUT2D eigenvalue weighted by molar-refractivity contribution is 8.41. The quantitative estimate of drug-likeness (QED) is 0.417. The van der Waals surface area contributed by atoms with Gasteiger partial charge in [0.05, 0.1) is 31.2 Å². The molecule has 11 heteroatoms. The van der Waals surface area contributed by atoms with E-state index in [-0.39, 0.29) is 0 Å². The van der Waals surface area contributed by atoms with E-state index < -0.39 is 11.9 Å². The van der Waals surface area contributed by atoms with Crippen molar-refractivity contribution in [1.29, 1.82) is 0 Å². The summed E-state index contributed by atoms with van der Waals surface area (Å²) in [6.07, 6.45) is 6.14. The number of thioether (sulfide) groups is 7. The number of rotatable bonds is 4. The van der Waals surface area contributed by atoms with Crippen LogP contribution < -0.4 is 0 Å². The first kappa shape index (κ1) is 22.0. The van der Waals surface area contributed by atoms with Crippen molar-refractivity contribution in [1.82, 2.24) is 0 Å². The largest absolute Gasteiger partial charge is 0.465 e. The summed E-state index contributed by atoms with van der Waals surface area (Å²) in [5, 5.41) is 0. The van der Waals surface area contributed by atoms with Crippen LogP contribution in [-0.4, -0.2) is 38.7 Å². The highest BCUT2D eigenvalue weighted by Crippen LogP contribution is 2.62. The highest BCUT2D eigenvalue weighted by Gasteiger charge is 2.36.